The first-order chi connectivity index (χ1) is 6.63. The fraction of sp³-hybridized carbons (Fsp3) is 0.400. The predicted molar refractivity (Wildman–Crippen MR) is 53.0 cm³/mol. The molecule has 0 aliphatic rings. The number of aliphatic hydroxyl groups excluding tert-OH is 1. The summed E-state index contributed by atoms with van der Waals surface area (Å²) in [5, 5.41) is 17.3. The molecule has 4 heteroatoms. The van der Waals surface area contributed by atoms with Crippen molar-refractivity contribution in [2.45, 2.75) is 19.4 Å². The van der Waals surface area contributed by atoms with Crippen LogP contribution in [0.4, 0.5) is 0 Å². The maximum Gasteiger partial charge on any atom is 0.233 e. The van der Waals surface area contributed by atoms with E-state index in [1.54, 1.807) is 12.1 Å². The lowest BCUT2D eigenvalue weighted by atomic mass is 10.1. The van der Waals surface area contributed by atoms with E-state index in [1.165, 1.54) is 7.11 Å². The van der Waals surface area contributed by atoms with Gasteiger partial charge in [-0.2, -0.15) is 0 Å². The molecule has 0 bridgehead atoms. The Morgan fingerprint density at radius 2 is 2.29 bits per heavy atom. The topological polar surface area (TPSA) is 55.2 Å². The molecule has 1 aromatic heterocycles. The molecule has 0 spiro atoms. The molecule has 0 radical (unpaired) electrons. The molecule has 76 valence electrons. The summed E-state index contributed by atoms with van der Waals surface area (Å²) in [7, 11) is 1.52. The van der Waals surface area contributed by atoms with Crippen molar-refractivity contribution in [3.63, 3.8) is 0 Å². The predicted octanol–water partition coefficient (Wildman–Crippen LogP) is 1.48. The minimum atomic E-state index is -0.633. The molecule has 1 aromatic rings. The van der Waals surface area contributed by atoms with Gasteiger partial charge in [0.1, 0.15) is 6.10 Å². The second-order valence-corrected chi connectivity index (χ2v) is 3.18. The Kier molecular flexibility index (Phi) is 3.59. The molecule has 1 rings (SSSR count). The van der Waals surface area contributed by atoms with Crippen LogP contribution in [0.1, 0.15) is 25.1 Å². The van der Waals surface area contributed by atoms with Crippen molar-refractivity contribution in [1.29, 1.82) is 0 Å². The summed E-state index contributed by atoms with van der Waals surface area (Å²) in [6.07, 6.45) is -0.132. The van der Waals surface area contributed by atoms with Crippen LogP contribution in [-0.4, -0.2) is 22.4 Å². The molecular formula is C10H14N2O2. The third kappa shape index (κ3) is 2.81. The van der Waals surface area contributed by atoms with E-state index in [1.807, 2.05) is 6.92 Å². The zero-order chi connectivity index (χ0) is 10.6. The van der Waals surface area contributed by atoms with Crippen LogP contribution < -0.4 is 4.74 Å². The summed E-state index contributed by atoms with van der Waals surface area (Å²) in [6, 6.07) is 3.36. The molecule has 0 aliphatic heterocycles. The number of rotatable bonds is 4. The Hall–Kier alpha value is -1.42. The van der Waals surface area contributed by atoms with Crippen molar-refractivity contribution in [2.24, 2.45) is 0 Å². The van der Waals surface area contributed by atoms with E-state index in [-0.39, 0.29) is 0 Å². The standard InChI is InChI=1S/C10H14N2O2/c1-7(2)6-9(13)8-4-5-10(14-3)12-11-8/h4-5,9,13H,1,6H2,2-3H3. The number of hydrogen-bond donors (Lipinski definition) is 1. The highest BCUT2D eigenvalue weighted by molar-refractivity contribution is 5.14. The van der Waals surface area contributed by atoms with Crippen LogP contribution in [0, 0.1) is 0 Å². The first kappa shape index (κ1) is 10.7. The van der Waals surface area contributed by atoms with Gasteiger partial charge in [-0.25, -0.2) is 0 Å². The summed E-state index contributed by atoms with van der Waals surface area (Å²) in [6.45, 7) is 5.58. The van der Waals surface area contributed by atoms with Crippen LogP contribution in [0.5, 0.6) is 5.88 Å². The minimum Gasteiger partial charge on any atom is -0.480 e. The minimum absolute atomic E-state index is 0.441. The van der Waals surface area contributed by atoms with Crippen LogP contribution in [-0.2, 0) is 0 Å². The Morgan fingerprint density at radius 3 is 2.71 bits per heavy atom. The number of methoxy groups -OCH3 is 1. The van der Waals surface area contributed by atoms with E-state index in [2.05, 4.69) is 16.8 Å². The van der Waals surface area contributed by atoms with Crippen LogP contribution in [0.3, 0.4) is 0 Å². The molecular weight excluding hydrogens is 180 g/mol. The first-order valence-corrected chi connectivity index (χ1v) is 4.33. The molecule has 0 fully saturated rings. The summed E-state index contributed by atoms with van der Waals surface area (Å²) in [5.41, 5.74) is 1.45. The lowest BCUT2D eigenvalue weighted by Gasteiger charge is -2.08. The van der Waals surface area contributed by atoms with Crippen molar-refractivity contribution >= 4 is 0 Å². The molecule has 0 aliphatic carbocycles. The van der Waals surface area contributed by atoms with Gasteiger partial charge in [-0.3, -0.25) is 0 Å². The molecule has 1 unspecified atom stereocenters. The van der Waals surface area contributed by atoms with Gasteiger partial charge >= 0.3 is 0 Å². The highest BCUT2D eigenvalue weighted by Gasteiger charge is 2.09. The number of aliphatic hydroxyl groups is 1. The molecule has 0 aromatic carbocycles. The molecule has 4 nitrogen and oxygen atoms in total. The summed E-state index contributed by atoms with van der Waals surface area (Å²) < 4.78 is 4.86. The number of hydrogen-bond acceptors (Lipinski definition) is 4. The van der Waals surface area contributed by atoms with E-state index >= 15 is 0 Å². The first-order valence-electron chi connectivity index (χ1n) is 4.33. The van der Waals surface area contributed by atoms with E-state index < -0.39 is 6.10 Å². The second-order valence-electron chi connectivity index (χ2n) is 3.18. The van der Waals surface area contributed by atoms with E-state index in [0.29, 0.717) is 18.0 Å². The quantitative estimate of drug-likeness (QED) is 0.738. The van der Waals surface area contributed by atoms with Gasteiger partial charge < -0.3 is 9.84 Å². The summed E-state index contributed by atoms with van der Waals surface area (Å²) in [4.78, 5) is 0. The van der Waals surface area contributed by atoms with Crippen molar-refractivity contribution < 1.29 is 9.84 Å². The third-order valence-electron chi connectivity index (χ3n) is 1.75. The lowest BCUT2D eigenvalue weighted by molar-refractivity contribution is 0.172. The average Bonchev–Trinajstić information content (AvgIpc) is 2.17. The Morgan fingerprint density at radius 1 is 1.57 bits per heavy atom. The second kappa shape index (κ2) is 4.72. The zero-order valence-corrected chi connectivity index (χ0v) is 8.40. The monoisotopic (exact) mass is 194 g/mol. The fourth-order valence-electron chi connectivity index (χ4n) is 1.05. The summed E-state index contributed by atoms with van der Waals surface area (Å²) >= 11 is 0. The zero-order valence-electron chi connectivity index (χ0n) is 8.40. The lowest BCUT2D eigenvalue weighted by Crippen LogP contribution is -2.02. The van der Waals surface area contributed by atoms with Gasteiger partial charge in [-0.15, -0.1) is 16.8 Å². The Balaban J connectivity index is 2.71. The van der Waals surface area contributed by atoms with Gasteiger partial charge in [0.25, 0.3) is 0 Å². The average molecular weight is 194 g/mol. The van der Waals surface area contributed by atoms with Crippen LogP contribution >= 0.6 is 0 Å². The Bertz CT molecular complexity index is 308. The van der Waals surface area contributed by atoms with Crippen molar-refractivity contribution in [3.8, 4) is 5.88 Å². The molecule has 0 saturated heterocycles. The number of nitrogens with zero attached hydrogens (tertiary/aromatic N) is 2. The maximum absolute atomic E-state index is 9.65. The van der Waals surface area contributed by atoms with E-state index in [4.69, 9.17) is 4.74 Å². The fourth-order valence-corrected chi connectivity index (χ4v) is 1.05. The summed E-state index contributed by atoms with van der Waals surface area (Å²) in [5.74, 6) is 0.441. The van der Waals surface area contributed by atoms with E-state index in [9.17, 15) is 5.11 Å². The highest BCUT2D eigenvalue weighted by atomic mass is 16.5. The molecule has 1 heterocycles. The van der Waals surface area contributed by atoms with Crippen molar-refractivity contribution in [2.75, 3.05) is 7.11 Å². The van der Waals surface area contributed by atoms with Crippen LogP contribution in [0.25, 0.3) is 0 Å². The smallest absolute Gasteiger partial charge is 0.233 e. The van der Waals surface area contributed by atoms with Crippen LogP contribution in [0.2, 0.25) is 0 Å². The van der Waals surface area contributed by atoms with E-state index in [0.717, 1.165) is 5.57 Å². The normalized spacial score (nSPS) is 12.2. The maximum atomic E-state index is 9.65. The van der Waals surface area contributed by atoms with Gasteiger partial charge in [0.05, 0.1) is 12.8 Å². The molecule has 14 heavy (non-hydrogen) atoms. The van der Waals surface area contributed by atoms with Gasteiger partial charge in [0, 0.05) is 6.07 Å². The number of ether oxygens (including phenoxy) is 1. The SMILES string of the molecule is C=C(C)CC(O)c1ccc(OC)nn1. The Labute approximate surface area is 83.2 Å². The van der Waals surface area contributed by atoms with Crippen LogP contribution in [0.15, 0.2) is 24.3 Å². The van der Waals surface area contributed by atoms with Gasteiger partial charge in [-0.05, 0) is 19.4 Å². The molecule has 1 N–H and O–H groups in total. The van der Waals surface area contributed by atoms with Crippen molar-refractivity contribution in [3.05, 3.63) is 30.0 Å². The third-order valence-corrected chi connectivity index (χ3v) is 1.75. The van der Waals surface area contributed by atoms with Crippen molar-refractivity contribution in [1.82, 2.24) is 10.2 Å². The molecule has 1 atom stereocenters. The molecule has 0 saturated carbocycles. The highest BCUT2D eigenvalue weighted by Crippen LogP contribution is 2.18. The van der Waals surface area contributed by atoms with Gasteiger partial charge in [0.15, 0.2) is 0 Å². The number of aromatic nitrogens is 2. The largest absolute Gasteiger partial charge is 0.480 e. The molecule has 0 amide bonds. The van der Waals surface area contributed by atoms with Gasteiger partial charge in [0.2, 0.25) is 5.88 Å². The van der Waals surface area contributed by atoms with Gasteiger partial charge in [-0.1, -0.05) is 5.57 Å².